The van der Waals surface area contributed by atoms with Gasteiger partial charge in [-0.1, -0.05) is 39.3 Å². The van der Waals surface area contributed by atoms with Crippen LogP contribution in [0.25, 0.3) is 0 Å². The number of ether oxygens (including phenoxy) is 4. The minimum absolute atomic E-state index is 0.0612. The summed E-state index contributed by atoms with van der Waals surface area (Å²) in [5.74, 6) is -3.01. The molecule has 0 aliphatic carbocycles. The smallest absolute Gasteiger partial charge is 0.335 e. The molecule has 0 N–H and O–H groups in total. The standard InChI is InChI=1S/C28H30Cl4O8Si2/c1-8-21(33)37-17-10-11-18(19(12-17)23(39-22(34)9-2)16(7)42-28(31)32)24(40-26(36)15(5)6)20(13-41-27(29)30)38-25(35)14(3)4/h8-12,16,20,23-24,27-28H,1-3,5,13H2,4,6-7H3. The van der Waals surface area contributed by atoms with Crippen LogP contribution in [0.15, 0.2) is 67.8 Å². The third kappa shape index (κ3) is 12.5. The van der Waals surface area contributed by atoms with Crippen molar-refractivity contribution < 1.29 is 38.1 Å². The van der Waals surface area contributed by atoms with Crippen molar-refractivity contribution in [2.45, 2.75) is 59.6 Å². The van der Waals surface area contributed by atoms with E-state index in [1.807, 2.05) is 0 Å². The Labute approximate surface area is 270 Å². The van der Waals surface area contributed by atoms with E-state index in [-0.39, 0.29) is 53.1 Å². The normalized spacial score (nSPS) is 13.7. The number of carbonyl (C=O) groups is 4. The van der Waals surface area contributed by atoms with Crippen molar-refractivity contribution in [2.24, 2.45) is 0 Å². The Hall–Kier alpha value is -2.35. The summed E-state index contributed by atoms with van der Waals surface area (Å²) < 4.78 is 21.0. The summed E-state index contributed by atoms with van der Waals surface area (Å²) in [5, 5.41) is 0. The molecule has 1 aromatic rings. The summed E-state index contributed by atoms with van der Waals surface area (Å²) in [4.78, 5) is 50.0. The van der Waals surface area contributed by atoms with E-state index in [4.69, 9.17) is 65.4 Å². The van der Waals surface area contributed by atoms with Gasteiger partial charge < -0.3 is 18.9 Å². The van der Waals surface area contributed by atoms with Crippen LogP contribution in [0.1, 0.15) is 44.1 Å². The maximum Gasteiger partial charge on any atom is 0.335 e. The molecule has 4 radical (unpaired) electrons. The first-order chi connectivity index (χ1) is 19.6. The van der Waals surface area contributed by atoms with Gasteiger partial charge in [0, 0.05) is 34.4 Å². The lowest BCUT2D eigenvalue weighted by Gasteiger charge is -2.32. The average Bonchev–Trinajstić information content (AvgIpc) is 2.91. The predicted molar refractivity (Wildman–Crippen MR) is 166 cm³/mol. The van der Waals surface area contributed by atoms with Crippen molar-refractivity contribution in [2.75, 3.05) is 0 Å². The topological polar surface area (TPSA) is 105 Å². The molecule has 14 heteroatoms. The first-order valence-electron chi connectivity index (χ1n) is 12.2. The van der Waals surface area contributed by atoms with Gasteiger partial charge >= 0.3 is 23.9 Å². The molecule has 4 atom stereocenters. The fraction of sp³-hybridized carbons (Fsp3) is 0.357. The highest BCUT2D eigenvalue weighted by Gasteiger charge is 2.37. The highest BCUT2D eigenvalue weighted by atomic mass is 35.5. The molecule has 0 aromatic heterocycles. The Bertz CT molecular complexity index is 1200. The first-order valence-corrected chi connectivity index (χ1v) is 16.4. The predicted octanol–water partition coefficient (Wildman–Crippen LogP) is 6.35. The highest BCUT2D eigenvalue weighted by Crippen LogP contribution is 2.41. The van der Waals surface area contributed by atoms with Crippen molar-refractivity contribution >= 4 is 89.3 Å². The molecule has 4 unspecified atom stereocenters. The van der Waals surface area contributed by atoms with Gasteiger partial charge in [-0.25, -0.2) is 19.2 Å². The fourth-order valence-electron chi connectivity index (χ4n) is 3.38. The molecule has 0 saturated carbocycles. The number of alkyl halides is 4. The summed E-state index contributed by atoms with van der Waals surface area (Å²) in [5.41, 5.74) is 0.170. The van der Waals surface area contributed by atoms with Crippen molar-refractivity contribution in [3.63, 3.8) is 0 Å². The quantitative estimate of drug-likeness (QED) is 0.0465. The van der Waals surface area contributed by atoms with Crippen LogP contribution in [0, 0.1) is 0 Å². The van der Waals surface area contributed by atoms with Crippen molar-refractivity contribution in [1.29, 1.82) is 0 Å². The van der Waals surface area contributed by atoms with E-state index in [1.165, 1.54) is 32.0 Å². The number of rotatable bonds is 17. The zero-order valence-corrected chi connectivity index (χ0v) is 28.2. The number of benzene rings is 1. The fourth-order valence-corrected chi connectivity index (χ4v) is 6.64. The summed E-state index contributed by atoms with van der Waals surface area (Å²) >= 11 is 24.2. The Balaban J connectivity index is 4.04. The summed E-state index contributed by atoms with van der Waals surface area (Å²) in [7, 11) is -0.267. The largest absolute Gasteiger partial charge is 0.455 e. The van der Waals surface area contributed by atoms with Gasteiger partial charge in [-0.15, -0.1) is 46.4 Å². The van der Waals surface area contributed by atoms with Crippen molar-refractivity contribution in [3.05, 3.63) is 78.9 Å². The van der Waals surface area contributed by atoms with E-state index in [9.17, 15) is 19.2 Å². The minimum Gasteiger partial charge on any atom is -0.455 e. The SMILES string of the molecule is C=CC(=O)Oc1ccc(C(OC(=O)C(=C)C)C(C[Si]C(Cl)Cl)OC(=O)C(=C)C)c(C(OC(=O)C=C)C(C)[Si]C(Cl)Cl)c1. The molecule has 226 valence electrons. The van der Waals surface area contributed by atoms with E-state index in [0.29, 0.717) is 0 Å². The van der Waals surface area contributed by atoms with Crippen molar-refractivity contribution in [3.8, 4) is 5.75 Å². The molecule has 0 aliphatic rings. The van der Waals surface area contributed by atoms with E-state index >= 15 is 0 Å². The lowest BCUT2D eigenvalue weighted by Crippen LogP contribution is -2.33. The second kappa shape index (κ2) is 18.3. The Morgan fingerprint density at radius 1 is 0.833 bits per heavy atom. The molecule has 0 saturated heterocycles. The van der Waals surface area contributed by atoms with Crippen LogP contribution in [0.3, 0.4) is 0 Å². The van der Waals surface area contributed by atoms with Crippen LogP contribution >= 0.6 is 46.4 Å². The van der Waals surface area contributed by atoms with Crippen LogP contribution in [0.4, 0.5) is 0 Å². The first kappa shape index (κ1) is 37.7. The second-order valence-corrected chi connectivity index (χ2v) is 15.6. The van der Waals surface area contributed by atoms with Crippen LogP contribution in [-0.2, 0) is 33.4 Å². The van der Waals surface area contributed by atoms with Gasteiger partial charge in [0.25, 0.3) is 0 Å². The number of halogens is 4. The monoisotopic (exact) mass is 690 g/mol. The van der Waals surface area contributed by atoms with Gasteiger partial charge in [-0.05, 0) is 37.6 Å². The highest BCUT2D eigenvalue weighted by molar-refractivity contribution is 6.69. The van der Waals surface area contributed by atoms with E-state index < -0.39 is 56.6 Å². The van der Waals surface area contributed by atoms with Gasteiger partial charge in [0.15, 0.2) is 6.10 Å². The summed E-state index contributed by atoms with van der Waals surface area (Å²) in [6.07, 6.45) is -1.54. The van der Waals surface area contributed by atoms with Gasteiger partial charge in [0.05, 0.1) is 28.0 Å². The zero-order valence-electron chi connectivity index (χ0n) is 23.2. The number of hydrogen-bond donors (Lipinski definition) is 0. The van der Waals surface area contributed by atoms with Crippen LogP contribution in [-0.4, -0.2) is 57.9 Å². The molecule has 1 rings (SSSR count). The van der Waals surface area contributed by atoms with Gasteiger partial charge in [0.2, 0.25) is 0 Å². The average molecular weight is 693 g/mol. The molecule has 1 aromatic carbocycles. The number of carbonyl (C=O) groups excluding carboxylic acids is 4. The molecular formula is C28H30Cl4O8Si2. The maximum atomic E-state index is 12.9. The molecule has 0 aliphatic heterocycles. The molecule has 0 amide bonds. The minimum atomic E-state index is -1.29. The maximum absolute atomic E-state index is 12.9. The third-order valence-corrected chi connectivity index (χ3v) is 9.02. The number of esters is 4. The van der Waals surface area contributed by atoms with Gasteiger partial charge in [-0.3, -0.25) is 0 Å². The Morgan fingerprint density at radius 3 is 1.90 bits per heavy atom. The Kier molecular flexibility index (Phi) is 16.5. The summed E-state index contributed by atoms with van der Waals surface area (Å²) in [6, 6.07) is 4.43. The van der Waals surface area contributed by atoms with Crippen LogP contribution in [0.2, 0.25) is 11.6 Å². The lowest BCUT2D eigenvalue weighted by molar-refractivity contribution is -0.162. The molecule has 0 heterocycles. The molecule has 0 bridgehead atoms. The number of hydrogen-bond acceptors (Lipinski definition) is 8. The molecule has 0 spiro atoms. The summed E-state index contributed by atoms with van der Waals surface area (Å²) in [6.45, 7) is 18.7. The van der Waals surface area contributed by atoms with Gasteiger partial charge in [-0.2, -0.15) is 0 Å². The molecular weight excluding hydrogens is 662 g/mol. The van der Waals surface area contributed by atoms with E-state index in [1.54, 1.807) is 6.92 Å². The van der Waals surface area contributed by atoms with E-state index in [0.717, 1.165) is 12.2 Å². The van der Waals surface area contributed by atoms with Crippen LogP contribution in [0.5, 0.6) is 5.75 Å². The van der Waals surface area contributed by atoms with Gasteiger partial charge in [0.1, 0.15) is 18.0 Å². The lowest BCUT2D eigenvalue weighted by atomic mass is 9.93. The second-order valence-electron chi connectivity index (χ2n) is 8.77. The Morgan fingerprint density at radius 2 is 1.40 bits per heavy atom. The molecule has 0 fully saturated rings. The zero-order chi connectivity index (χ0) is 32.1. The third-order valence-electron chi connectivity index (χ3n) is 5.31. The van der Waals surface area contributed by atoms with E-state index in [2.05, 4.69) is 26.3 Å². The molecule has 42 heavy (non-hydrogen) atoms. The molecule has 8 nitrogen and oxygen atoms in total. The van der Waals surface area contributed by atoms with Crippen molar-refractivity contribution in [1.82, 2.24) is 0 Å². The van der Waals surface area contributed by atoms with Crippen LogP contribution < -0.4 is 4.74 Å².